The van der Waals surface area contributed by atoms with E-state index < -0.39 is 72.7 Å². The number of ketones is 1. The minimum atomic E-state index is -1.70. The molecule has 1 unspecified atom stereocenters. The van der Waals surface area contributed by atoms with Gasteiger partial charge in [-0.2, -0.15) is 0 Å². The van der Waals surface area contributed by atoms with Crippen molar-refractivity contribution in [2.45, 2.75) is 48.4 Å². The summed E-state index contributed by atoms with van der Waals surface area (Å²) in [4.78, 5) is 35.0. The van der Waals surface area contributed by atoms with E-state index in [1.165, 1.54) is 18.2 Å². The highest BCUT2D eigenvalue weighted by molar-refractivity contribution is 8.00. The molecule has 1 aliphatic rings. The maximum atomic E-state index is 12.7. The molecule has 33 heavy (non-hydrogen) atoms. The van der Waals surface area contributed by atoms with E-state index >= 15 is 0 Å². The van der Waals surface area contributed by atoms with E-state index in [0.29, 0.717) is 11.8 Å². The number of carbonyl (C=O) groups excluding carboxylic acids is 1. The number of carbonyl (C=O) groups is 3. The molecule has 0 amide bonds. The lowest BCUT2D eigenvalue weighted by molar-refractivity contribution is -0.277. The Hall–Kier alpha value is -2.46. The fraction of sp³-hybridized carbons (Fsp3) is 0.526. The van der Waals surface area contributed by atoms with Crippen LogP contribution >= 0.6 is 11.8 Å². The topological polar surface area (TPSA) is 243 Å². The molecule has 1 aromatic carbocycles. The van der Waals surface area contributed by atoms with E-state index in [9.17, 15) is 39.9 Å². The standard InChI is InChI=1S/C19H26N2O11S/c20-8(17(27)28)6-33-12(18(29)30)4-9(23)7-2-1-3-10(13(7)21)31-19-16(26)15(25)14(24)11(5-22)32-19/h1-3,8,11-12,14-16,19,22,24-26H,4-6,20-21H2,(H,27,28)(H,29,30)/t8-,11+,12?,14+,15-,16+,19+/m0/s1. The van der Waals surface area contributed by atoms with Crippen LogP contribution in [0.25, 0.3) is 0 Å². The van der Waals surface area contributed by atoms with Crippen LogP contribution in [0.15, 0.2) is 18.2 Å². The van der Waals surface area contributed by atoms with Crippen LogP contribution in [0.1, 0.15) is 16.8 Å². The zero-order chi connectivity index (χ0) is 24.9. The van der Waals surface area contributed by atoms with Crippen molar-refractivity contribution in [2.24, 2.45) is 5.73 Å². The molecule has 10 N–H and O–H groups in total. The molecule has 1 aromatic rings. The van der Waals surface area contributed by atoms with Gasteiger partial charge >= 0.3 is 11.9 Å². The second kappa shape index (κ2) is 11.6. The molecule has 1 heterocycles. The molecular formula is C19H26N2O11S. The number of carboxylic acids is 2. The Morgan fingerprint density at radius 2 is 1.76 bits per heavy atom. The summed E-state index contributed by atoms with van der Waals surface area (Å²) in [5.41, 5.74) is 11.1. The minimum absolute atomic E-state index is 0.0912. The molecule has 7 atom stereocenters. The number of rotatable bonds is 11. The zero-order valence-electron chi connectivity index (χ0n) is 17.2. The number of nitrogens with two attached hydrogens (primary N) is 2. The molecule has 0 aliphatic carbocycles. The molecule has 14 heteroatoms. The van der Waals surface area contributed by atoms with E-state index in [0.717, 1.165) is 0 Å². The third-order valence-electron chi connectivity index (χ3n) is 4.90. The first-order valence-corrected chi connectivity index (χ1v) is 10.7. The minimum Gasteiger partial charge on any atom is -0.480 e. The molecule has 0 radical (unpaired) electrons. The average molecular weight is 490 g/mol. The zero-order valence-corrected chi connectivity index (χ0v) is 18.0. The first kappa shape index (κ1) is 26.8. The van der Waals surface area contributed by atoms with Crippen molar-refractivity contribution in [1.82, 2.24) is 0 Å². The number of carboxylic acid groups (broad SMARTS) is 2. The Morgan fingerprint density at radius 1 is 1.09 bits per heavy atom. The van der Waals surface area contributed by atoms with Crippen LogP contribution in [0.4, 0.5) is 5.69 Å². The van der Waals surface area contributed by atoms with Gasteiger partial charge in [-0.05, 0) is 12.1 Å². The van der Waals surface area contributed by atoms with Gasteiger partial charge in [0.1, 0.15) is 41.5 Å². The van der Waals surface area contributed by atoms with E-state index in [4.69, 9.17) is 26.0 Å². The Bertz CT molecular complexity index is 868. The molecule has 1 fully saturated rings. The lowest BCUT2D eigenvalue weighted by Gasteiger charge is -2.39. The lowest BCUT2D eigenvalue weighted by Crippen LogP contribution is -2.60. The van der Waals surface area contributed by atoms with Crippen molar-refractivity contribution in [1.29, 1.82) is 0 Å². The fourth-order valence-electron chi connectivity index (χ4n) is 2.97. The Morgan fingerprint density at radius 3 is 2.33 bits per heavy atom. The number of ether oxygens (including phenoxy) is 2. The van der Waals surface area contributed by atoms with Crippen LogP contribution in [-0.2, 0) is 14.3 Å². The summed E-state index contributed by atoms with van der Waals surface area (Å²) >= 11 is 0.705. The molecular weight excluding hydrogens is 464 g/mol. The van der Waals surface area contributed by atoms with Gasteiger partial charge in [0.15, 0.2) is 5.78 Å². The second-order valence-corrected chi connectivity index (χ2v) is 8.50. The summed E-state index contributed by atoms with van der Waals surface area (Å²) in [7, 11) is 0. The molecule has 184 valence electrons. The maximum absolute atomic E-state index is 12.7. The first-order chi connectivity index (χ1) is 15.5. The second-order valence-electron chi connectivity index (χ2n) is 7.26. The van der Waals surface area contributed by atoms with E-state index in [-0.39, 0.29) is 22.8 Å². The molecule has 1 saturated heterocycles. The first-order valence-electron chi connectivity index (χ1n) is 9.69. The van der Waals surface area contributed by atoms with Gasteiger partial charge in [0, 0.05) is 17.7 Å². The van der Waals surface area contributed by atoms with Crippen molar-refractivity contribution >= 4 is 35.2 Å². The van der Waals surface area contributed by atoms with Crippen molar-refractivity contribution in [2.75, 3.05) is 18.1 Å². The number of aliphatic hydroxyl groups is 4. The number of nitrogen functional groups attached to an aromatic ring is 1. The third kappa shape index (κ3) is 6.54. The number of aliphatic hydroxyl groups excluding tert-OH is 4. The predicted octanol–water partition coefficient (Wildman–Crippen LogP) is -2.38. The number of benzene rings is 1. The van der Waals surface area contributed by atoms with Gasteiger partial charge in [-0.1, -0.05) is 6.07 Å². The van der Waals surface area contributed by atoms with Crippen LogP contribution in [0.5, 0.6) is 5.75 Å². The number of hydrogen-bond acceptors (Lipinski definition) is 12. The normalized spacial score (nSPS) is 26.9. The summed E-state index contributed by atoms with van der Waals surface area (Å²) in [6.45, 7) is -0.668. The van der Waals surface area contributed by atoms with Crippen LogP contribution < -0.4 is 16.2 Å². The van der Waals surface area contributed by atoms with Crippen molar-refractivity contribution in [3.63, 3.8) is 0 Å². The molecule has 0 saturated carbocycles. The number of Topliss-reactive ketones (excluding diaryl/α,β-unsaturated/α-hetero) is 1. The Balaban J connectivity index is 2.15. The maximum Gasteiger partial charge on any atom is 0.321 e. The highest BCUT2D eigenvalue weighted by atomic mass is 32.2. The molecule has 0 bridgehead atoms. The van der Waals surface area contributed by atoms with E-state index in [2.05, 4.69) is 0 Å². The monoisotopic (exact) mass is 490 g/mol. The highest BCUT2D eigenvalue weighted by Crippen LogP contribution is 2.31. The van der Waals surface area contributed by atoms with Crippen molar-refractivity contribution in [3.8, 4) is 5.75 Å². The van der Waals surface area contributed by atoms with Gasteiger partial charge in [-0.15, -0.1) is 11.8 Å². The summed E-state index contributed by atoms with van der Waals surface area (Å²) in [6, 6.07) is 2.74. The van der Waals surface area contributed by atoms with Crippen molar-refractivity contribution < 1.29 is 54.5 Å². The third-order valence-corrected chi connectivity index (χ3v) is 6.22. The number of aliphatic carboxylic acids is 2. The van der Waals surface area contributed by atoms with Crippen LogP contribution in [0.2, 0.25) is 0 Å². The van der Waals surface area contributed by atoms with Gasteiger partial charge in [0.25, 0.3) is 0 Å². The van der Waals surface area contributed by atoms with E-state index in [1.807, 2.05) is 0 Å². The largest absolute Gasteiger partial charge is 0.480 e. The molecule has 13 nitrogen and oxygen atoms in total. The molecule has 1 aliphatic heterocycles. The lowest BCUT2D eigenvalue weighted by atomic mass is 9.99. The molecule has 2 rings (SSSR count). The summed E-state index contributed by atoms with van der Waals surface area (Å²) in [5, 5.41) is 56.0. The van der Waals surface area contributed by atoms with Crippen LogP contribution in [0.3, 0.4) is 0 Å². The molecule has 0 spiro atoms. The van der Waals surface area contributed by atoms with Crippen LogP contribution in [-0.4, -0.2) is 103 Å². The number of anilines is 1. The Kier molecular flexibility index (Phi) is 9.42. The van der Waals surface area contributed by atoms with Crippen LogP contribution in [0, 0.1) is 0 Å². The SMILES string of the molecule is Nc1c(O[C@@H]2O[C@H](CO)[C@@H](O)[C@H](O)[C@H]2O)cccc1C(=O)CC(SC[C@H](N)C(=O)O)C(=O)O. The molecule has 0 aromatic heterocycles. The number of para-hydroxylation sites is 1. The van der Waals surface area contributed by atoms with Gasteiger partial charge < -0.3 is 51.6 Å². The quantitative estimate of drug-likeness (QED) is 0.119. The summed E-state index contributed by atoms with van der Waals surface area (Å²) in [5.74, 6) is -3.67. The highest BCUT2D eigenvalue weighted by Gasteiger charge is 2.45. The summed E-state index contributed by atoms with van der Waals surface area (Å²) < 4.78 is 10.7. The van der Waals surface area contributed by atoms with E-state index in [1.54, 1.807) is 0 Å². The average Bonchev–Trinajstić information content (AvgIpc) is 2.77. The van der Waals surface area contributed by atoms with Gasteiger partial charge in [0.05, 0.1) is 12.3 Å². The van der Waals surface area contributed by atoms with Gasteiger partial charge in [-0.25, -0.2) is 0 Å². The Labute approximate surface area is 191 Å². The van der Waals surface area contributed by atoms with Gasteiger partial charge in [-0.3, -0.25) is 14.4 Å². The summed E-state index contributed by atoms with van der Waals surface area (Å²) in [6.07, 6.45) is -8.24. The fourth-order valence-corrected chi connectivity index (χ4v) is 3.96. The van der Waals surface area contributed by atoms with Crippen molar-refractivity contribution in [3.05, 3.63) is 23.8 Å². The number of thioether (sulfide) groups is 1. The number of hydrogen-bond donors (Lipinski definition) is 8. The predicted molar refractivity (Wildman–Crippen MR) is 114 cm³/mol. The smallest absolute Gasteiger partial charge is 0.321 e. The van der Waals surface area contributed by atoms with Gasteiger partial charge in [0.2, 0.25) is 6.29 Å².